The Morgan fingerprint density at radius 1 is 1.18 bits per heavy atom. The van der Waals surface area contributed by atoms with Gasteiger partial charge in [-0.2, -0.15) is 0 Å². The smallest absolute Gasteiger partial charge is 0.240 e. The molecule has 2 unspecified atom stereocenters. The van der Waals surface area contributed by atoms with Crippen LogP contribution in [-0.2, 0) is 9.59 Å². The summed E-state index contributed by atoms with van der Waals surface area (Å²) in [7, 11) is 0. The molecule has 2 aromatic rings. The lowest BCUT2D eigenvalue weighted by molar-refractivity contribution is -0.122. The average molecular weight is 295 g/mol. The molecule has 0 radical (unpaired) electrons. The van der Waals surface area contributed by atoms with Crippen LogP contribution in [0.5, 0.6) is 0 Å². The van der Waals surface area contributed by atoms with Crippen LogP contribution in [0.4, 0.5) is 5.95 Å². The number of hydrogen-bond acceptors (Lipinski definition) is 4. The first kappa shape index (κ1) is 14.4. The normalized spacial score (nSPS) is 19.5. The zero-order valence-electron chi connectivity index (χ0n) is 12.6. The van der Waals surface area contributed by atoms with Gasteiger partial charge < -0.3 is 0 Å². The third-order valence-electron chi connectivity index (χ3n) is 4.09. The second-order valence-electron chi connectivity index (χ2n) is 5.58. The standard InChI is InChI=1S/C17H17N3O2/c1-11-8-9-18-17(19-11)20-15(21)10-14(16(20)22)12(2)13-6-4-3-5-7-13/h3-9,12,14H,10H2,1-2H3. The van der Waals surface area contributed by atoms with Crippen LogP contribution in [0.2, 0.25) is 0 Å². The highest BCUT2D eigenvalue weighted by molar-refractivity contribution is 6.20. The lowest BCUT2D eigenvalue weighted by Crippen LogP contribution is -2.33. The van der Waals surface area contributed by atoms with E-state index in [4.69, 9.17) is 0 Å². The van der Waals surface area contributed by atoms with Crippen LogP contribution in [0.25, 0.3) is 0 Å². The van der Waals surface area contributed by atoms with Gasteiger partial charge in [-0.05, 0) is 24.5 Å². The fourth-order valence-electron chi connectivity index (χ4n) is 2.79. The van der Waals surface area contributed by atoms with E-state index in [9.17, 15) is 9.59 Å². The van der Waals surface area contributed by atoms with Crippen molar-refractivity contribution in [1.29, 1.82) is 0 Å². The maximum absolute atomic E-state index is 12.7. The molecule has 5 heteroatoms. The Morgan fingerprint density at radius 2 is 1.91 bits per heavy atom. The van der Waals surface area contributed by atoms with Crippen LogP contribution in [0.1, 0.15) is 30.5 Å². The first-order valence-electron chi connectivity index (χ1n) is 7.29. The number of imide groups is 1. The van der Waals surface area contributed by atoms with Gasteiger partial charge in [0.05, 0.1) is 5.92 Å². The van der Waals surface area contributed by atoms with E-state index >= 15 is 0 Å². The summed E-state index contributed by atoms with van der Waals surface area (Å²) in [6, 6.07) is 11.5. The molecule has 5 nitrogen and oxygen atoms in total. The molecule has 2 heterocycles. The summed E-state index contributed by atoms with van der Waals surface area (Å²) < 4.78 is 0. The van der Waals surface area contributed by atoms with Crippen molar-refractivity contribution in [3.63, 3.8) is 0 Å². The zero-order valence-corrected chi connectivity index (χ0v) is 12.6. The molecule has 2 atom stereocenters. The number of amides is 2. The van der Waals surface area contributed by atoms with Crippen molar-refractivity contribution in [3.05, 3.63) is 53.9 Å². The summed E-state index contributed by atoms with van der Waals surface area (Å²) >= 11 is 0. The van der Waals surface area contributed by atoms with Crippen LogP contribution in [0.3, 0.4) is 0 Å². The zero-order chi connectivity index (χ0) is 15.7. The molecular formula is C17H17N3O2. The molecule has 2 amide bonds. The number of hydrogen-bond donors (Lipinski definition) is 0. The first-order valence-corrected chi connectivity index (χ1v) is 7.29. The van der Waals surface area contributed by atoms with Crippen molar-refractivity contribution in [3.8, 4) is 0 Å². The van der Waals surface area contributed by atoms with Gasteiger partial charge in [0, 0.05) is 18.3 Å². The Balaban J connectivity index is 1.89. The molecule has 0 N–H and O–H groups in total. The molecule has 1 saturated heterocycles. The maximum atomic E-state index is 12.7. The third-order valence-corrected chi connectivity index (χ3v) is 4.09. The SMILES string of the molecule is Cc1ccnc(N2C(=O)CC(C(C)c3ccccc3)C2=O)n1. The van der Waals surface area contributed by atoms with E-state index < -0.39 is 0 Å². The number of benzene rings is 1. The minimum absolute atomic E-state index is 0.0209. The summed E-state index contributed by atoms with van der Waals surface area (Å²) in [5, 5.41) is 0. The van der Waals surface area contributed by atoms with Crippen molar-refractivity contribution in [2.24, 2.45) is 5.92 Å². The monoisotopic (exact) mass is 295 g/mol. The number of aromatic nitrogens is 2. The molecule has 1 aromatic carbocycles. The molecule has 0 saturated carbocycles. The van der Waals surface area contributed by atoms with E-state index in [1.54, 1.807) is 19.2 Å². The quantitative estimate of drug-likeness (QED) is 0.816. The number of carbonyl (C=O) groups is 2. The van der Waals surface area contributed by atoms with Gasteiger partial charge in [0.2, 0.25) is 17.8 Å². The van der Waals surface area contributed by atoms with E-state index in [-0.39, 0.29) is 36.0 Å². The number of nitrogens with zero attached hydrogens (tertiary/aromatic N) is 3. The van der Waals surface area contributed by atoms with Gasteiger partial charge in [-0.1, -0.05) is 37.3 Å². The second-order valence-corrected chi connectivity index (χ2v) is 5.58. The van der Waals surface area contributed by atoms with Gasteiger partial charge in [0.1, 0.15) is 0 Å². The highest BCUT2D eigenvalue weighted by Crippen LogP contribution is 2.34. The molecular weight excluding hydrogens is 278 g/mol. The number of anilines is 1. The lowest BCUT2D eigenvalue weighted by Gasteiger charge is -2.18. The molecule has 0 aliphatic carbocycles. The molecule has 0 bridgehead atoms. The minimum atomic E-state index is -0.362. The summed E-state index contributed by atoms with van der Waals surface area (Å²) in [6.45, 7) is 3.78. The van der Waals surface area contributed by atoms with Gasteiger partial charge in [-0.25, -0.2) is 14.9 Å². The largest absolute Gasteiger partial charge is 0.274 e. The lowest BCUT2D eigenvalue weighted by atomic mass is 9.86. The van der Waals surface area contributed by atoms with Crippen molar-refractivity contribution in [2.45, 2.75) is 26.2 Å². The Labute approximate surface area is 129 Å². The highest BCUT2D eigenvalue weighted by Gasteiger charge is 2.43. The summed E-state index contributed by atoms with van der Waals surface area (Å²) in [6.07, 6.45) is 1.76. The topological polar surface area (TPSA) is 63.2 Å². The Kier molecular flexibility index (Phi) is 3.71. The van der Waals surface area contributed by atoms with Crippen LogP contribution < -0.4 is 4.90 Å². The van der Waals surface area contributed by atoms with Crippen LogP contribution >= 0.6 is 0 Å². The fourth-order valence-corrected chi connectivity index (χ4v) is 2.79. The summed E-state index contributed by atoms with van der Waals surface area (Å²) in [5.41, 5.74) is 1.78. The van der Waals surface area contributed by atoms with E-state index in [1.165, 1.54) is 0 Å². The Bertz CT molecular complexity index is 715. The second kappa shape index (κ2) is 5.67. The molecule has 1 fully saturated rings. The van der Waals surface area contributed by atoms with Crippen LogP contribution in [0.15, 0.2) is 42.6 Å². The third kappa shape index (κ3) is 2.50. The highest BCUT2D eigenvalue weighted by atomic mass is 16.2. The molecule has 112 valence electrons. The van der Waals surface area contributed by atoms with Gasteiger partial charge in [-0.3, -0.25) is 9.59 Å². The molecule has 0 spiro atoms. The van der Waals surface area contributed by atoms with Gasteiger partial charge in [0.15, 0.2) is 0 Å². The number of carbonyl (C=O) groups excluding carboxylic acids is 2. The molecule has 1 aromatic heterocycles. The van der Waals surface area contributed by atoms with Crippen molar-refractivity contribution in [1.82, 2.24) is 9.97 Å². The van der Waals surface area contributed by atoms with Gasteiger partial charge in [-0.15, -0.1) is 0 Å². The Morgan fingerprint density at radius 3 is 2.59 bits per heavy atom. The van der Waals surface area contributed by atoms with E-state index in [0.29, 0.717) is 0 Å². The molecule has 3 rings (SSSR count). The van der Waals surface area contributed by atoms with Crippen LogP contribution in [0, 0.1) is 12.8 Å². The van der Waals surface area contributed by atoms with E-state index in [2.05, 4.69) is 9.97 Å². The Hall–Kier alpha value is -2.56. The number of rotatable bonds is 3. The fraction of sp³-hybridized carbons (Fsp3) is 0.294. The number of aryl methyl sites for hydroxylation is 1. The molecule has 1 aliphatic heterocycles. The predicted molar refractivity (Wildman–Crippen MR) is 82.2 cm³/mol. The van der Waals surface area contributed by atoms with Crippen molar-refractivity contribution >= 4 is 17.8 Å². The molecule has 22 heavy (non-hydrogen) atoms. The van der Waals surface area contributed by atoms with E-state index in [1.807, 2.05) is 37.3 Å². The summed E-state index contributed by atoms with van der Waals surface area (Å²) in [5.74, 6) is -0.653. The van der Waals surface area contributed by atoms with Crippen molar-refractivity contribution < 1.29 is 9.59 Å². The van der Waals surface area contributed by atoms with Crippen molar-refractivity contribution in [2.75, 3.05) is 4.90 Å². The van der Waals surface area contributed by atoms with Gasteiger partial charge in [0.25, 0.3) is 0 Å². The van der Waals surface area contributed by atoms with E-state index in [0.717, 1.165) is 16.2 Å². The molecule has 1 aliphatic rings. The van der Waals surface area contributed by atoms with Crippen LogP contribution in [-0.4, -0.2) is 21.8 Å². The maximum Gasteiger partial charge on any atom is 0.240 e. The van der Waals surface area contributed by atoms with Gasteiger partial charge >= 0.3 is 0 Å². The average Bonchev–Trinajstić information content (AvgIpc) is 2.82. The summed E-state index contributed by atoms with van der Waals surface area (Å²) in [4.78, 5) is 34.3. The predicted octanol–water partition coefficient (Wildman–Crippen LogP) is 2.47. The first-order chi connectivity index (χ1) is 10.6. The minimum Gasteiger partial charge on any atom is -0.274 e.